The minimum atomic E-state index is -4.49. The highest BCUT2D eigenvalue weighted by Crippen LogP contribution is 2.27. The molecule has 0 radical (unpaired) electrons. The summed E-state index contributed by atoms with van der Waals surface area (Å²) in [7, 11) is 0. The second kappa shape index (κ2) is 5.85. The van der Waals surface area contributed by atoms with Crippen molar-refractivity contribution in [2.45, 2.75) is 13.1 Å². The second-order valence-corrected chi connectivity index (χ2v) is 5.20. The van der Waals surface area contributed by atoms with Gasteiger partial charge in [-0.15, -0.1) is 0 Å². The minimum absolute atomic E-state index is 0.202. The van der Waals surface area contributed by atoms with Gasteiger partial charge in [0.25, 0.3) is 5.91 Å². The standard InChI is InChI=1S/C14H10BrF3N2O/c1-8-6-9(2-4-11(8)15)13(21)20-10-3-5-12(19-7-10)14(16,17)18/h2-7H,1H3,(H,20,21). The largest absolute Gasteiger partial charge is 0.433 e. The van der Waals surface area contributed by atoms with Crippen molar-refractivity contribution in [3.63, 3.8) is 0 Å². The molecule has 3 nitrogen and oxygen atoms in total. The van der Waals surface area contributed by atoms with Gasteiger partial charge in [-0.05, 0) is 42.8 Å². The maximum absolute atomic E-state index is 12.4. The van der Waals surface area contributed by atoms with Crippen LogP contribution in [-0.2, 0) is 6.18 Å². The van der Waals surface area contributed by atoms with Gasteiger partial charge in [0, 0.05) is 10.0 Å². The first-order chi connectivity index (χ1) is 9.77. The number of rotatable bonds is 2. The molecule has 0 saturated heterocycles. The van der Waals surface area contributed by atoms with E-state index in [2.05, 4.69) is 26.2 Å². The molecule has 0 saturated carbocycles. The summed E-state index contributed by atoms with van der Waals surface area (Å²) in [5.41, 5.74) is 0.498. The van der Waals surface area contributed by atoms with Crippen LogP contribution in [0.25, 0.3) is 0 Å². The van der Waals surface area contributed by atoms with Crippen molar-refractivity contribution < 1.29 is 18.0 Å². The predicted octanol–water partition coefficient (Wildman–Crippen LogP) is 4.42. The summed E-state index contributed by atoms with van der Waals surface area (Å²) < 4.78 is 38.0. The van der Waals surface area contributed by atoms with Crippen LogP contribution in [0.2, 0.25) is 0 Å². The number of nitrogens with zero attached hydrogens (tertiary/aromatic N) is 1. The fourth-order valence-corrected chi connectivity index (χ4v) is 1.87. The lowest BCUT2D eigenvalue weighted by atomic mass is 10.1. The topological polar surface area (TPSA) is 42.0 Å². The van der Waals surface area contributed by atoms with Gasteiger partial charge < -0.3 is 5.32 Å². The third-order valence-electron chi connectivity index (χ3n) is 2.73. The van der Waals surface area contributed by atoms with Gasteiger partial charge >= 0.3 is 6.18 Å². The van der Waals surface area contributed by atoms with E-state index in [0.29, 0.717) is 5.56 Å². The van der Waals surface area contributed by atoms with Crippen molar-refractivity contribution in [3.8, 4) is 0 Å². The molecule has 7 heteroatoms. The van der Waals surface area contributed by atoms with E-state index >= 15 is 0 Å². The van der Waals surface area contributed by atoms with Crippen LogP contribution in [-0.4, -0.2) is 10.9 Å². The predicted molar refractivity (Wildman–Crippen MR) is 76.1 cm³/mol. The van der Waals surface area contributed by atoms with Gasteiger partial charge in [-0.1, -0.05) is 15.9 Å². The zero-order chi connectivity index (χ0) is 15.6. The number of benzene rings is 1. The lowest BCUT2D eigenvalue weighted by Gasteiger charge is -2.08. The van der Waals surface area contributed by atoms with Gasteiger partial charge in [0.05, 0.1) is 11.9 Å². The highest BCUT2D eigenvalue weighted by Gasteiger charge is 2.32. The first-order valence-corrected chi connectivity index (χ1v) is 6.67. The third kappa shape index (κ3) is 3.81. The Morgan fingerprint density at radius 2 is 1.95 bits per heavy atom. The van der Waals surface area contributed by atoms with Crippen molar-refractivity contribution in [1.82, 2.24) is 4.98 Å². The maximum Gasteiger partial charge on any atom is 0.433 e. The van der Waals surface area contributed by atoms with E-state index in [-0.39, 0.29) is 5.69 Å². The summed E-state index contributed by atoms with van der Waals surface area (Å²) in [6, 6.07) is 7.01. The summed E-state index contributed by atoms with van der Waals surface area (Å²) in [5.74, 6) is -0.410. The van der Waals surface area contributed by atoms with Crippen LogP contribution < -0.4 is 5.32 Å². The number of halogens is 4. The zero-order valence-electron chi connectivity index (χ0n) is 10.8. The van der Waals surface area contributed by atoms with Crippen LogP contribution in [0.15, 0.2) is 41.0 Å². The van der Waals surface area contributed by atoms with Crippen LogP contribution in [0.3, 0.4) is 0 Å². The molecule has 21 heavy (non-hydrogen) atoms. The molecular formula is C14H10BrF3N2O. The Kier molecular flexibility index (Phi) is 4.32. The number of alkyl halides is 3. The molecule has 1 amide bonds. The quantitative estimate of drug-likeness (QED) is 0.862. The molecule has 0 atom stereocenters. The highest BCUT2D eigenvalue weighted by molar-refractivity contribution is 9.10. The molecule has 2 rings (SSSR count). The van der Waals surface area contributed by atoms with Gasteiger partial charge in [0.15, 0.2) is 0 Å². The molecule has 0 fully saturated rings. The number of aromatic nitrogens is 1. The van der Waals surface area contributed by atoms with Gasteiger partial charge in [-0.3, -0.25) is 4.79 Å². The average Bonchev–Trinajstić information content (AvgIpc) is 2.41. The summed E-state index contributed by atoms with van der Waals surface area (Å²) in [4.78, 5) is 15.3. The van der Waals surface area contributed by atoms with Gasteiger partial charge in [-0.2, -0.15) is 13.2 Å². The van der Waals surface area contributed by atoms with E-state index in [4.69, 9.17) is 0 Å². The number of amides is 1. The smallest absolute Gasteiger partial charge is 0.321 e. The normalized spacial score (nSPS) is 11.3. The van der Waals surface area contributed by atoms with E-state index < -0.39 is 17.8 Å². The SMILES string of the molecule is Cc1cc(C(=O)Nc2ccc(C(F)(F)F)nc2)ccc1Br. The Bertz CT molecular complexity index is 669. The number of nitrogens with one attached hydrogen (secondary N) is 1. The first kappa shape index (κ1) is 15.5. The molecule has 0 unspecified atom stereocenters. The van der Waals surface area contributed by atoms with Gasteiger partial charge in [0.1, 0.15) is 5.69 Å². The van der Waals surface area contributed by atoms with Gasteiger partial charge in [-0.25, -0.2) is 4.98 Å². The number of pyridine rings is 1. The van der Waals surface area contributed by atoms with Crippen molar-refractivity contribution in [1.29, 1.82) is 0 Å². The summed E-state index contributed by atoms with van der Waals surface area (Å²) in [5, 5.41) is 2.50. The van der Waals surface area contributed by atoms with E-state index in [9.17, 15) is 18.0 Å². The summed E-state index contributed by atoms with van der Waals surface area (Å²) in [6.07, 6.45) is -3.52. The molecule has 0 spiro atoms. The molecule has 0 aliphatic carbocycles. The molecule has 2 aromatic rings. The van der Waals surface area contributed by atoms with Gasteiger partial charge in [0.2, 0.25) is 0 Å². The van der Waals surface area contributed by atoms with E-state index in [1.165, 1.54) is 6.07 Å². The lowest BCUT2D eigenvalue weighted by Crippen LogP contribution is -2.13. The molecule has 1 aromatic carbocycles. The van der Waals surface area contributed by atoms with E-state index in [1.54, 1.807) is 18.2 Å². The Hall–Kier alpha value is -1.89. The number of aryl methyl sites for hydroxylation is 1. The van der Waals surface area contributed by atoms with Crippen LogP contribution in [0.4, 0.5) is 18.9 Å². The Balaban J connectivity index is 2.14. The molecule has 1 aromatic heterocycles. The van der Waals surface area contributed by atoms with Crippen molar-refractivity contribution >= 4 is 27.5 Å². The third-order valence-corrected chi connectivity index (χ3v) is 3.62. The Labute approximate surface area is 127 Å². The molecule has 0 aliphatic heterocycles. The Morgan fingerprint density at radius 3 is 2.48 bits per heavy atom. The number of carbonyl (C=O) groups excluding carboxylic acids is 1. The van der Waals surface area contributed by atoms with Crippen LogP contribution in [0.5, 0.6) is 0 Å². The fourth-order valence-electron chi connectivity index (χ4n) is 1.62. The molecule has 110 valence electrons. The average molecular weight is 359 g/mol. The number of hydrogen-bond acceptors (Lipinski definition) is 2. The fraction of sp³-hybridized carbons (Fsp3) is 0.143. The number of hydrogen-bond donors (Lipinski definition) is 1. The first-order valence-electron chi connectivity index (χ1n) is 5.88. The van der Waals surface area contributed by atoms with E-state index in [0.717, 1.165) is 22.3 Å². The molecule has 0 bridgehead atoms. The zero-order valence-corrected chi connectivity index (χ0v) is 12.4. The van der Waals surface area contributed by atoms with Crippen molar-refractivity contribution in [2.24, 2.45) is 0 Å². The second-order valence-electron chi connectivity index (χ2n) is 4.35. The Morgan fingerprint density at radius 1 is 1.24 bits per heavy atom. The highest BCUT2D eigenvalue weighted by atomic mass is 79.9. The van der Waals surface area contributed by atoms with Crippen LogP contribution >= 0.6 is 15.9 Å². The number of carbonyl (C=O) groups is 1. The van der Waals surface area contributed by atoms with Crippen molar-refractivity contribution in [2.75, 3.05) is 5.32 Å². The monoisotopic (exact) mass is 358 g/mol. The maximum atomic E-state index is 12.4. The lowest BCUT2D eigenvalue weighted by molar-refractivity contribution is -0.141. The molecule has 0 aliphatic rings. The number of anilines is 1. The molecule has 1 N–H and O–H groups in total. The van der Waals surface area contributed by atoms with Crippen molar-refractivity contribution in [3.05, 3.63) is 57.8 Å². The summed E-state index contributed by atoms with van der Waals surface area (Å²) >= 11 is 3.32. The van der Waals surface area contributed by atoms with E-state index in [1.807, 2.05) is 6.92 Å². The minimum Gasteiger partial charge on any atom is -0.321 e. The molecular weight excluding hydrogens is 349 g/mol. The summed E-state index contributed by atoms with van der Waals surface area (Å²) in [6.45, 7) is 1.83. The van der Waals surface area contributed by atoms with Crippen LogP contribution in [0.1, 0.15) is 21.6 Å². The van der Waals surface area contributed by atoms with Crippen LogP contribution in [0, 0.1) is 6.92 Å². The molecule has 1 heterocycles.